The Labute approximate surface area is 182 Å². The van der Waals surface area contributed by atoms with Crippen LogP contribution in [0.5, 0.6) is 5.75 Å². The molecule has 0 saturated carbocycles. The largest absolute Gasteiger partial charge is 0.495 e. The van der Waals surface area contributed by atoms with Crippen LogP contribution < -0.4 is 10.1 Å². The minimum absolute atomic E-state index is 0.0616. The predicted molar refractivity (Wildman–Crippen MR) is 118 cm³/mol. The third kappa shape index (κ3) is 4.52. The number of thiophene rings is 1. The van der Waals surface area contributed by atoms with Gasteiger partial charge in [0.25, 0.3) is 0 Å². The average molecular weight is 438 g/mol. The molecule has 30 heavy (non-hydrogen) atoms. The standard InChI is InChI=1S/C21H19N5O2S2/c1-28-18-7-3-2-6-17(18)26-20(15-8-10-22-11-9-15)24-25-21(26)30-14-19(27)23-13-16-5-4-12-29-16/h2-12H,13-14H2,1H3,(H,23,27). The van der Waals surface area contributed by atoms with Gasteiger partial charge in [0.2, 0.25) is 5.91 Å². The van der Waals surface area contributed by atoms with Gasteiger partial charge in [-0.2, -0.15) is 0 Å². The van der Waals surface area contributed by atoms with E-state index in [2.05, 4.69) is 20.5 Å². The smallest absolute Gasteiger partial charge is 0.230 e. The summed E-state index contributed by atoms with van der Waals surface area (Å²) in [6, 6.07) is 15.4. The number of amides is 1. The molecule has 1 N–H and O–H groups in total. The van der Waals surface area contributed by atoms with Gasteiger partial charge in [-0.05, 0) is 35.7 Å². The van der Waals surface area contributed by atoms with E-state index in [1.165, 1.54) is 11.8 Å². The van der Waals surface area contributed by atoms with E-state index >= 15 is 0 Å². The van der Waals surface area contributed by atoms with E-state index in [1.54, 1.807) is 30.8 Å². The molecular weight excluding hydrogens is 418 g/mol. The minimum Gasteiger partial charge on any atom is -0.495 e. The van der Waals surface area contributed by atoms with E-state index in [4.69, 9.17) is 4.74 Å². The highest BCUT2D eigenvalue weighted by molar-refractivity contribution is 7.99. The van der Waals surface area contributed by atoms with Gasteiger partial charge in [0, 0.05) is 22.8 Å². The maximum Gasteiger partial charge on any atom is 0.230 e. The van der Waals surface area contributed by atoms with Crippen LogP contribution in [0.3, 0.4) is 0 Å². The Hall–Kier alpha value is -3.17. The highest BCUT2D eigenvalue weighted by Crippen LogP contribution is 2.32. The topological polar surface area (TPSA) is 81.9 Å². The third-order valence-electron chi connectivity index (χ3n) is 4.27. The predicted octanol–water partition coefficient (Wildman–Crippen LogP) is 3.81. The van der Waals surface area contributed by atoms with Gasteiger partial charge < -0.3 is 10.1 Å². The number of benzene rings is 1. The molecular formula is C21H19N5O2S2. The average Bonchev–Trinajstić information content (AvgIpc) is 3.46. The van der Waals surface area contributed by atoms with Crippen molar-refractivity contribution in [1.82, 2.24) is 25.1 Å². The van der Waals surface area contributed by atoms with Crippen LogP contribution in [0.2, 0.25) is 0 Å². The third-order valence-corrected chi connectivity index (χ3v) is 6.08. The molecule has 1 amide bonds. The Morgan fingerprint density at radius 2 is 1.97 bits per heavy atom. The van der Waals surface area contributed by atoms with Crippen molar-refractivity contribution < 1.29 is 9.53 Å². The van der Waals surface area contributed by atoms with E-state index in [0.717, 1.165) is 16.1 Å². The molecule has 0 fully saturated rings. The van der Waals surface area contributed by atoms with Gasteiger partial charge >= 0.3 is 0 Å². The Morgan fingerprint density at radius 1 is 1.13 bits per heavy atom. The molecule has 0 bridgehead atoms. The van der Waals surface area contributed by atoms with Crippen molar-refractivity contribution in [2.75, 3.05) is 12.9 Å². The maximum atomic E-state index is 12.3. The van der Waals surface area contributed by atoms with Gasteiger partial charge in [-0.15, -0.1) is 21.5 Å². The SMILES string of the molecule is COc1ccccc1-n1c(SCC(=O)NCc2cccs2)nnc1-c1ccncc1. The van der Waals surface area contributed by atoms with Crippen molar-refractivity contribution in [1.29, 1.82) is 0 Å². The van der Waals surface area contributed by atoms with Gasteiger partial charge in [0.15, 0.2) is 11.0 Å². The molecule has 0 aliphatic rings. The van der Waals surface area contributed by atoms with E-state index < -0.39 is 0 Å². The zero-order chi connectivity index (χ0) is 20.8. The molecule has 0 atom stereocenters. The Kier molecular flexibility index (Phi) is 6.41. The van der Waals surface area contributed by atoms with Gasteiger partial charge in [-0.3, -0.25) is 14.3 Å². The Morgan fingerprint density at radius 3 is 2.73 bits per heavy atom. The fourth-order valence-corrected chi connectivity index (χ4v) is 4.28. The molecule has 152 valence electrons. The van der Waals surface area contributed by atoms with Crippen LogP contribution in [0.25, 0.3) is 17.1 Å². The number of ether oxygens (including phenoxy) is 1. The summed E-state index contributed by atoms with van der Waals surface area (Å²) in [4.78, 5) is 17.5. The van der Waals surface area contributed by atoms with Gasteiger partial charge in [-0.25, -0.2) is 0 Å². The van der Waals surface area contributed by atoms with Crippen LogP contribution >= 0.6 is 23.1 Å². The van der Waals surface area contributed by atoms with Crippen LogP contribution in [-0.2, 0) is 11.3 Å². The number of hydrogen-bond donors (Lipinski definition) is 1. The Bertz CT molecular complexity index is 1110. The summed E-state index contributed by atoms with van der Waals surface area (Å²) < 4.78 is 7.45. The fourth-order valence-electron chi connectivity index (χ4n) is 2.86. The second-order valence-corrected chi connectivity index (χ2v) is 8.17. The van der Waals surface area contributed by atoms with Crippen molar-refractivity contribution in [2.45, 2.75) is 11.7 Å². The molecule has 0 unspecified atom stereocenters. The zero-order valence-corrected chi connectivity index (χ0v) is 17.8. The van der Waals surface area contributed by atoms with Gasteiger partial charge in [-0.1, -0.05) is 30.0 Å². The van der Waals surface area contributed by atoms with E-state index in [0.29, 0.717) is 23.3 Å². The van der Waals surface area contributed by atoms with Crippen molar-refractivity contribution in [2.24, 2.45) is 0 Å². The lowest BCUT2D eigenvalue weighted by atomic mass is 10.2. The molecule has 0 spiro atoms. The molecule has 9 heteroatoms. The summed E-state index contributed by atoms with van der Waals surface area (Å²) in [7, 11) is 1.63. The fraction of sp³-hybridized carbons (Fsp3) is 0.143. The number of pyridine rings is 1. The van der Waals surface area contributed by atoms with Crippen molar-refractivity contribution >= 4 is 29.0 Å². The number of nitrogens with zero attached hydrogens (tertiary/aromatic N) is 4. The first-order valence-electron chi connectivity index (χ1n) is 9.17. The summed E-state index contributed by atoms with van der Waals surface area (Å²) >= 11 is 2.95. The first-order chi connectivity index (χ1) is 14.8. The molecule has 4 rings (SSSR count). The molecule has 1 aromatic carbocycles. The number of carbonyl (C=O) groups is 1. The number of thioether (sulfide) groups is 1. The summed E-state index contributed by atoms with van der Waals surface area (Å²) in [5.41, 5.74) is 1.68. The number of carbonyl (C=O) groups excluding carboxylic acids is 1. The van der Waals surface area contributed by atoms with Crippen LogP contribution in [0.1, 0.15) is 4.88 Å². The monoisotopic (exact) mass is 437 g/mol. The number of aromatic nitrogens is 4. The first kappa shape index (κ1) is 20.1. The Balaban J connectivity index is 1.60. The number of hydrogen-bond acceptors (Lipinski definition) is 7. The minimum atomic E-state index is -0.0616. The quantitative estimate of drug-likeness (QED) is 0.422. The van der Waals surface area contributed by atoms with Crippen LogP contribution in [0.15, 0.2) is 71.5 Å². The summed E-state index contributed by atoms with van der Waals surface area (Å²) in [6.07, 6.45) is 3.42. The normalized spacial score (nSPS) is 10.7. The highest BCUT2D eigenvalue weighted by atomic mass is 32.2. The number of para-hydroxylation sites is 2. The lowest BCUT2D eigenvalue weighted by molar-refractivity contribution is -0.118. The number of methoxy groups -OCH3 is 1. The summed E-state index contributed by atoms with van der Waals surface area (Å²) in [5.74, 6) is 1.52. The van der Waals surface area contributed by atoms with Crippen molar-refractivity contribution in [3.8, 4) is 22.8 Å². The van der Waals surface area contributed by atoms with E-state index in [-0.39, 0.29) is 11.7 Å². The molecule has 0 aliphatic heterocycles. The summed E-state index contributed by atoms with van der Waals surface area (Å²) in [6.45, 7) is 0.526. The summed E-state index contributed by atoms with van der Waals surface area (Å²) in [5, 5.41) is 14.3. The van der Waals surface area contributed by atoms with Crippen LogP contribution in [0.4, 0.5) is 0 Å². The number of rotatable bonds is 8. The van der Waals surface area contributed by atoms with Crippen molar-refractivity contribution in [3.05, 3.63) is 71.2 Å². The molecule has 0 saturated heterocycles. The molecule has 3 heterocycles. The lowest BCUT2D eigenvalue weighted by Gasteiger charge is -2.13. The number of nitrogens with one attached hydrogen (secondary N) is 1. The maximum absolute atomic E-state index is 12.3. The van der Waals surface area contributed by atoms with Gasteiger partial charge in [0.05, 0.1) is 25.1 Å². The van der Waals surface area contributed by atoms with E-state index in [9.17, 15) is 4.79 Å². The first-order valence-corrected chi connectivity index (χ1v) is 11.0. The second-order valence-electron chi connectivity index (χ2n) is 6.19. The van der Waals surface area contributed by atoms with E-state index in [1.807, 2.05) is 58.5 Å². The lowest BCUT2D eigenvalue weighted by Crippen LogP contribution is -2.24. The van der Waals surface area contributed by atoms with Crippen LogP contribution in [-0.4, -0.2) is 38.5 Å². The van der Waals surface area contributed by atoms with Crippen LogP contribution in [0, 0.1) is 0 Å². The molecule has 0 aliphatic carbocycles. The second kappa shape index (κ2) is 9.55. The van der Waals surface area contributed by atoms with Gasteiger partial charge in [0.1, 0.15) is 5.75 Å². The molecule has 3 aromatic heterocycles. The molecule has 7 nitrogen and oxygen atoms in total. The molecule has 4 aromatic rings. The zero-order valence-electron chi connectivity index (χ0n) is 16.2. The molecule has 0 radical (unpaired) electrons. The van der Waals surface area contributed by atoms with Crippen molar-refractivity contribution in [3.63, 3.8) is 0 Å². The highest BCUT2D eigenvalue weighted by Gasteiger charge is 2.19.